The Labute approximate surface area is 162 Å². The summed E-state index contributed by atoms with van der Waals surface area (Å²) in [6.07, 6.45) is 7.13. The summed E-state index contributed by atoms with van der Waals surface area (Å²) >= 11 is 0. The van der Waals surface area contributed by atoms with Gasteiger partial charge in [-0.1, -0.05) is 30.7 Å². The summed E-state index contributed by atoms with van der Waals surface area (Å²) in [4.78, 5) is 26.0. The van der Waals surface area contributed by atoms with E-state index in [1.807, 2.05) is 0 Å². The molecule has 0 radical (unpaired) electrons. The van der Waals surface area contributed by atoms with Gasteiger partial charge in [0.25, 0.3) is 0 Å². The predicted octanol–water partition coefficient (Wildman–Crippen LogP) is 2.98. The van der Waals surface area contributed by atoms with E-state index in [-0.39, 0.29) is 17.7 Å². The van der Waals surface area contributed by atoms with Gasteiger partial charge in [-0.05, 0) is 56.7 Å². The van der Waals surface area contributed by atoms with E-state index in [0.717, 1.165) is 24.9 Å². The van der Waals surface area contributed by atoms with Crippen molar-refractivity contribution in [2.75, 3.05) is 13.1 Å². The van der Waals surface area contributed by atoms with Crippen LogP contribution in [0.5, 0.6) is 0 Å². The van der Waals surface area contributed by atoms with Gasteiger partial charge >= 0.3 is 0 Å². The minimum atomic E-state index is 0.0434. The summed E-state index contributed by atoms with van der Waals surface area (Å²) in [6.45, 7) is 5.68. The number of nitrogens with zero attached hydrogens (tertiary/aromatic N) is 1. The molecule has 1 aromatic carbocycles. The number of piperidine rings is 1. The fraction of sp³-hybridized carbons (Fsp3) is 0.636. The Morgan fingerprint density at radius 3 is 2.48 bits per heavy atom. The van der Waals surface area contributed by atoms with Gasteiger partial charge in [-0.2, -0.15) is 0 Å². The molecule has 148 valence electrons. The van der Waals surface area contributed by atoms with Crippen LogP contribution in [0.25, 0.3) is 0 Å². The highest BCUT2D eigenvalue weighted by Gasteiger charge is 2.29. The molecule has 1 unspecified atom stereocenters. The van der Waals surface area contributed by atoms with E-state index >= 15 is 0 Å². The second-order valence-electron chi connectivity index (χ2n) is 8.08. The van der Waals surface area contributed by atoms with Crippen LogP contribution in [-0.2, 0) is 22.7 Å². The van der Waals surface area contributed by atoms with Gasteiger partial charge in [0, 0.05) is 38.0 Å². The molecule has 1 atom stereocenters. The molecule has 27 heavy (non-hydrogen) atoms. The maximum absolute atomic E-state index is 11.9. The van der Waals surface area contributed by atoms with Crippen LogP contribution >= 0.6 is 0 Å². The van der Waals surface area contributed by atoms with E-state index in [4.69, 9.17) is 0 Å². The maximum atomic E-state index is 11.9. The number of carbonyl (C=O) groups excluding carboxylic acids is 2. The number of likely N-dealkylation sites (tertiary alicyclic amines) is 1. The second-order valence-corrected chi connectivity index (χ2v) is 8.08. The van der Waals surface area contributed by atoms with Crippen LogP contribution in [-0.4, -0.2) is 35.8 Å². The molecule has 2 aliphatic rings. The standard InChI is InChI=1S/C22H33N3O2/c1-17-5-2-3-14-25(17)16-19-9-7-18(8-10-19)15-24-21(26)6-4-13-23-22(27)20-11-12-20/h7-10,17,20H,2-6,11-16H2,1H3,(H,23,27)(H,24,26). The summed E-state index contributed by atoms with van der Waals surface area (Å²) in [5.74, 6) is 0.427. The van der Waals surface area contributed by atoms with E-state index in [1.165, 1.54) is 31.4 Å². The first-order valence-corrected chi connectivity index (χ1v) is 10.5. The first-order valence-electron chi connectivity index (χ1n) is 10.5. The molecule has 1 heterocycles. The first kappa shape index (κ1) is 19.9. The molecule has 1 saturated heterocycles. The normalized spacial score (nSPS) is 20.3. The first-order chi connectivity index (χ1) is 13.1. The van der Waals surface area contributed by atoms with E-state index in [0.29, 0.717) is 32.0 Å². The number of hydrogen-bond acceptors (Lipinski definition) is 3. The molecular formula is C22H33N3O2. The van der Waals surface area contributed by atoms with Crippen molar-refractivity contribution in [1.82, 2.24) is 15.5 Å². The van der Waals surface area contributed by atoms with Crippen LogP contribution in [0.2, 0.25) is 0 Å². The molecule has 1 saturated carbocycles. The summed E-state index contributed by atoms with van der Waals surface area (Å²) in [6, 6.07) is 9.25. The molecule has 2 fully saturated rings. The quantitative estimate of drug-likeness (QED) is 0.656. The van der Waals surface area contributed by atoms with Crippen molar-refractivity contribution in [3.05, 3.63) is 35.4 Å². The largest absolute Gasteiger partial charge is 0.356 e. The van der Waals surface area contributed by atoms with Crippen LogP contribution in [0.1, 0.15) is 63.0 Å². The van der Waals surface area contributed by atoms with E-state index in [9.17, 15) is 9.59 Å². The fourth-order valence-electron chi connectivity index (χ4n) is 3.63. The van der Waals surface area contributed by atoms with Gasteiger partial charge in [0.1, 0.15) is 0 Å². The summed E-state index contributed by atoms with van der Waals surface area (Å²) in [5.41, 5.74) is 2.46. The Kier molecular flexibility index (Phi) is 7.27. The minimum absolute atomic E-state index is 0.0434. The second kappa shape index (κ2) is 9.88. The Bertz CT molecular complexity index is 625. The van der Waals surface area contributed by atoms with E-state index in [2.05, 4.69) is 46.7 Å². The van der Waals surface area contributed by atoms with Gasteiger partial charge in [0.15, 0.2) is 0 Å². The summed E-state index contributed by atoms with van der Waals surface area (Å²) < 4.78 is 0. The molecule has 0 spiro atoms. The zero-order valence-electron chi connectivity index (χ0n) is 16.5. The molecule has 1 aliphatic heterocycles. The number of nitrogens with one attached hydrogen (secondary N) is 2. The zero-order chi connectivity index (χ0) is 19.1. The molecule has 1 aromatic rings. The van der Waals surface area contributed by atoms with Crippen molar-refractivity contribution >= 4 is 11.8 Å². The highest BCUT2D eigenvalue weighted by molar-refractivity contribution is 5.81. The van der Waals surface area contributed by atoms with Gasteiger partial charge in [0.2, 0.25) is 11.8 Å². The Hall–Kier alpha value is -1.88. The van der Waals surface area contributed by atoms with E-state index in [1.54, 1.807) is 0 Å². The Balaban J connectivity index is 1.31. The molecule has 0 bridgehead atoms. The van der Waals surface area contributed by atoms with Crippen molar-refractivity contribution in [3.8, 4) is 0 Å². The third-order valence-corrected chi connectivity index (χ3v) is 5.67. The average molecular weight is 372 g/mol. The average Bonchev–Trinajstić information content (AvgIpc) is 3.52. The smallest absolute Gasteiger partial charge is 0.223 e. The van der Waals surface area contributed by atoms with Crippen LogP contribution in [0.3, 0.4) is 0 Å². The lowest BCUT2D eigenvalue weighted by atomic mass is 10.0. The Morgan fingerprint density at radius 1 is 1.04 bits per heavy atom. The van der Waals surface area contributed by atoms with Crippen LogP contribution in [0.4, 0.5) is 0 Å². The maximum Gasteiger partial charge on any atom is 0.223 e. The molecule has 5 heteroatoms. The van der Waals surface area contributed by atoms with Crippen molar-refractivity contribution in [2.45, 2.75) is 71.0 Å². The van der Waals surface area contributed by atoms with Gasteiger partial charge < -0.3 is 10.6 Å². The third-order valence-electron chi connectivity index (χ3n) is 5.67. The number of benzene rings is 1. The topological polar surface area (TPSA) is 61.4 Å². The van der Waals surface area contributed by atoms with Crippen LogP contribution in [0, 0.1) is 5.92 Å². The Morgan fingerprint density at radius 2 is 1.78 bits per heavy atom. The predicted molar refractivity (Wildman–Crippen MR) is 107 cm³/mol. The third kappa shape index (κ3) is 6.65. The molecule has 0 aromatic heterocycles. The SMILES string of the molecule is CC1CCCCN1Cc1ccc(CNC(=O)CCCNC(=O)C2CC2)cc1. The van der Waals surface area contributed by atoms with Gasteiger partial charge in [-0.25, -0.2) is 0 Å². The molecule has 1 aliphatic carbocycles. The monoisotopic (exact) mass is 371 g/mol. The molecule has 3 rings (SSSR count). The molecule has 5 nitrogen and oxygen atoms in total. The lowest BCUT2D eigenvalue weighted by Gasteiger charge is -2.33. The van der Waals surface area contributed by atoms with Crippen molar-refractivity contribution in [2.24, 2.45) is 5.92 Å². The molecule has 2 amide bonds. The fourth-order valence-corrected chi connectivity index (χ4v) is 3.63. The highest BCUT2D eigenvalue weighted by atomic mass is 16.2. The number of rotatable bonds is 9. The summed E-state index contributed by atoms with van der Waals surface area (Å²) in [7, 11) is 0. The number of hydrogen-bond donors (Lipinski definition) is 2. The van der Waals surface area contributed by atoms with Crippen LogP contribution < -0.4 is 10.6 Å². The van der Waals surface area contributed by atoms with E-state index < -0.39 is 0 Å². The van der Waals surface area contributed by atoms with Crippen molar-refractivity contribution in [1.29, 1.82) is 0 Å². The molecular weight excluding hydrogens is 338 g/mol. The van der Waals surface area contributed by atoms with Gasteiger partial charge in [-0.3, -0.25) is 14.5 Å². The lowest BCUT2D eigenvalue weighted by molar-refractivity contribution is -0.123. The highest BCUT2D eigenvalue weighted by Crippen LogP contribution is 2.28. The lowest BCUT2D eigenvalue weighted by Crippen LogP contribution is -2.36. The van der Waals surface area contributed by atoms with Crippen molar-refractivity contribution < 1.29 is 9.59 Å². The molecule has 2 N–H and O–H groups in total. The number of carbonyl (C=O) groups is 2. The number of amides is 2. The van der Waals surface area contributed by atoms with Gasteiger partial charge in [0.05, 0.1) is 0 Å². The van der Waals surface area contributed by atoms with Gasteiger partial charge in [-0.15, -0.1) is 0 Å². The van der Waals surface area contributed by atoms with Crippen molar-refractivity contribution in [3.63, 3.8) is 0 Å². The van der Waals surface area contributed by atoms with Crippen LogP contribution in [0.15, 0.2) is 24.3 Å². The zero-order valence-corrected chi connectivity index (χ0v) is 16.5. The minimum Gasteiger partial charge on any atom is -0.356 e. The summed E-state index contributed by atoms with van der Waals surface area (Å²) in [5, 5.41) is 5.86.